The highest BCUT2D eigenvalue weighted by Crippen LogP contribution is 2.23. The molecule has 0 saturated carbocycles. The molecule has 26 heavy (non-hydrogen) atoms. The van der Waals surface area contributed by atoms with E-state index in [1.807, 2.05) is 30.3 Å². The standard InChI is InChI=1S/C18H21N5O3/c1-25-9-10-26-17-14-12-20-16(11-15(14)22-23-17)21-18(24)19-8-7-13-5-3-2-4-6-13/h2-6,11-12H,7-10H2,1H3,(H,22,23)(H2,19,20,21,24). The Balaban J connectivity index is 1.52. The first-order chi connectivity index (χ1) is 12.8. The third-order valence-electron chi connectivity index (χ3n) is 3.72. The van der Waals surface area contributed by atoms with Gasteiger partial charge in [0.05, 0.1) is 17.5 Å². The molecule has 8 nitrogen and oxygen atoms in total. The Morgan fingerprint density at radius 2 is 2.08 bits per heavy atom. The third-order valence-corrected chi connectivity index (χ3v) is 3.72. The van der Waals surface area contributed by atoms with Gasteiger partial charge in [0.1, 0.15) is 12.4 Å². The summed E-state index contributed by atoms with van der Waals surface area (Å²) in [5, 5.41) is 13.2. The minimum atomic E-state index is -0.302. The molecule has 3 rings (SSSR count). The Morgan fingerprint density at radius 1 is 1.23 bits per heavy atom. The number of hydrogen-bond donors (Lipinski definition) is 3. The molecule has 0 aliphatic rings. The number of methoxy groups -OCH3 is 1. The van der Waals surface area contributed by atoms with E-state index in [0.717, 1.165) is 17.3 Å². The van der Waals surface area contributed by atoms with Crippen LogP contribution in [0.1, 0.15) is 5.56 Å². The van der Waals surface area contributed by atoms with Gasteiger partial charge in [-0.05, 0) is 12.0 Å². The molecule has 3 aromatic rings. The summed E-state index contributed by atoms with van der Waals surface area (Å²) in [5.74, 6) is 0.894. The van der Waals surface area contributed by atoms with Crippen LogP contribution in [-0.4, -0.2) is 48.1 Å². The zero-order valence-electron chi connectivity index (χ0n) is 14.5. The van der Waals surface area contributed by atoms with Gasteiger partial charge in [-0.25, -0.2) is 9.78 Å². The number of anilines is 1. The van der Waals surface area contributed by atoms with Crippen LogP contribution in [0.15, 0.2) is 42.6 Å². The van der Waals surface area contributed by atoms with Crippen LogP contribution < -0.4 is 15.4 Å². The van der Waals surface area contributed by atoms with Crippen LogP contribution in [0.3, 0.4) is 0 Å². The Morgan fingerprint density at radius 3 is 2.88 bits per heavy atom. The van der Waals surface area contributed by atoms with Gasteiger partial charge in [0, 0.05) is 25.9 Å². The van der Waals surface area contributed by atoms with Crippen molar-refractivity contribution in [2.75, 3.05) is 32.2 Å². The topological polar surface area (TPSA) is 101 Å². The van der Waals surface area contributed by atoms with Crippen molar-refractivity contribution >= 4 is 22.8 Å². The molecule has 0 saturated heterocycles. The van der Waals surface area contributed by atoms with E-state index in [1.54, 1.807) is 19.4 Å². The van der Waals surface area contributed by atoms with E-state index in [0.29, 0.717) is 31.5 Å². The molecule has 0 radical (unpaired) electrons. The highest BCUT2D eigenvalue weighted by Gasteiger charge is 2.10. The number of ether oxygens (including phenoxy) is 2. The average molecular weight is 355 g/mol. The number of nitrogens with zero attached hydrogens (tertiary/aromatic N) is 2. The van der Waals surface area contributed by atoms with E-state index < -0.39 is 0 Å². The summed E-state index contributed by atoms with van der Waals surface area (Å²) in [6.07, 6.45) is 2.38. The van der Waals surface area contributed by atoms with E-state index in [1.165, 1.54) is 5.56 Å². The molecule has 0 unspecified atom stereocenters. The smallest absolute Gasteiger partial charge is 0.320 e. The Hall–Kier alpha value is -3.13. The van der Waals surface area contributed by atoms with Crippen LogP contribution in [0.4, 0.5) is 10.6 Å². The molecule has 0 aliphatic heterocycles. The molecule has 2 heterocycles. The summed E-state index contributed by atoms with van der Waals surface area (Å²) in [7, 11) is 1.61. The van der Waals surface area contributed by atoms with Gasteiger partial charge < -0.3 is 14.8 Å². The van der Waals surface area contributed by atoms with E-state index in [-0.39, 0.29) is 6.03 Å². The molecule has 0 spiro atoms. The number of benzene rings is 1. The lowest BCUT2D eigenvalue weighted by atomic mass is 10.1. The number of urea groups is 1. The van der Waals surface area contributed by atoms with Gasteiger partial charge in [-0.2, -0.15) is 0 Å². The second kappa shape index (κ2) is 8.82. The Kier molecular flexibility index (Phi) is 6.00. The lowest BCUT2D eigenvalue weighted by Gasteiger charge is -2.07. The molecule has 0 bridgehead atoms. The second-order valence-corrected chi connectivity index (χ2v) is 5.60. The number of pyridine rings is 1. The van der Waals surface area contributed by atoms with Gasteiger partial charge in [-0.15, -0.1) is 5.10 Å². The predicted octanol–water partition coefficient (Wildman–Crippen LogP) is 2.35. The molecule has 3 N–H and O–H groups in total. The third kappa shape index (κ3) is 4.70. The second-order valence-electron chi connectivity index (χ2n) is 5.60. The highest BCUT2D eigenvalue weighted by atomic mass is 16.5. The Bertz CT molecular complexity index is 850. The van der Waals surface area contributed by atoms with Gasteiger partial charge in [0.15, 0.2) is 0 Å². The van der Waals surface area contributed by atoms with Crippen LogP contribution in [-0.2, 0) is 11.2 Å². The number of amides is 2. The molecule has 1 aromatic carbocycles. The van der Waals surface area contributed by atoms with Crippen molar-refractivity contribution in [1.82, 2.24) is 20.5 Å². The molecule has 0 fully saturated rings. The van der Waals surface area contributed by atoms with E-state index in [2.05, 4.69) is 25.8 Å². The summed E-state index contributed by atoms with van der Waals surface area (Å²) in [4.78, 5) is 16.2. The monoisotopic (exact) mass is 355 g/mol. The number of nitrogens with one attached hydrogen (secondary N) is 3. The number of carbonyl (C=O) groups excluding carboxylic acids is 1. The molecule has 0 aliphatic carbocycles. The van der Waals surface area contributed by atoms with Gasteiger partial charge in [-0.3, -0.25) is 10.4 Å². The number of aromatic nitrogens is 3. The van der Waals surface area contributed by atoms with Gasteiger partial charge >= 0.3 is 6.03 Å². The van der Waals surface area contributed by atoms with Gasteiger partial charge in [-0.1, -0.05) is 30.3 Å². The first kappa shape index (κ1) is 17.7. The van der Waals surface area contributed by atoms with Crippen LogP contribution >= 0.6 is 0 Å². The number of H-pyrrole nitrogens is 1. The molecular formula is C18H21N5O3. The average Bonchev–Trinajstić information content (AvgIpc) is 3.05. The summed E-state index contributed by atoms with van der Waals surface area (Å²) in [6, 6.07) is 11.4. The van der Waals surface area contributed by atoms with Gasteiger partial charge in [0.25, 0.3) is 0 Å². The maximum Gasteiger partial charge on any atom is 0.320 e. The van der Waals surface area contributed by atoms with Gasteiger partial charge in [0.2, 0.25) is 5.88 Å². The van der Waals surface area contributed by atoms with Crippen LogP contribution in [0.25, 0.3) is 10.9 Å². The fourth-order valence-corrected chi connectivity index (χ4v) is 2.42. The van der Waals surface area contributed by atoms with Crippen molar-refractivity contribution in [2.24, 2.45) is 0 Å². The summed E-state index contributed by atoms with van der Waals surface area (Å²) in [5.41, 5.74) is 1.90. The number of rotatable bonds is 8. The van der Waals surface area contributed by atoms with Crippen molar-refractivity contribution in [1.29, 1.82) is 0 Å². The summed E-state index contributed by atoms with van der Waals surface area (Å²) < 4.78 is 10.5. The van der Waals surface area contributed by atoms with Crippen molar-refractivity contribution in [3.63, 3.8) is 0 Å². The number of aromatic amines is 1. The minimum absolute atomic E-state index is 0.302. The van der Waals surface area contributed by atoms with E-state index in [9.17, 15) is 4.79 Å². The molecule has 2 aromatic heterocycles. The zero-order chi connectivity index (χ0) is 18.2. The minimum Gasteiger partial charge on any atom is -0.474 e. The van der Waals surface area contributed by atoms with Crippen molar-refractivity contribution in [2.45, 2.75) is 6.42 Å². The maximum atomic E-state index is 12.0. The van der Waals surface area contributed by atoms with E-state index >= 15 is 0 Å². The maximum absolute atomic E-state index is 12.0. The molecular weight excluding hydrogens is 334 g/mol. The van der Waals surface area contributed by atoms with Crippen LogP contribution in [0, 0.1) is 0 Å². The molecule has 8 heteroatoms. The van der Waals surface area contributed by atoms with Crippen LogP contribution in [0.2, 0.25) is 0 Å². The Labute approximate surface area is 150 Å². The SMILES string of the molecule is COCCOc1n[nH]c2cc(NC(=O)NCCc3ccccc3)ncc12. The van der Waals surface area contributed by atoms with Crippen molar-refractivity contribution in [3.8, 4) is 5.88 Å². The first-order valence-corrected chi connectivity index (χ1v) is 8.31. The number of hydrogen-bond acceptors (Lipinski definition) is 5. The zero-order valence-corrected chi connectivity index (χ0v) is 14.5. The molecule has 0 atom stereocenters. The van der Waals surface area contributed by atoms with Crippen molar-refractivity contribution < 1.29 is 14.3 Å². The van der Waals surface area contributed by atoms with Crippen molar-refractivity contribution in [3.05, 3.63) is 48.2 Å². The molecule has 136 valence electrons. The number of carbonyl (C=O) groups is 1. The fraction of sp³-hybridized carbons (Fsp3) is 0.278. The summed E-state index contributed by atoms with van der Waals surface area (Å²) in [6.45, 7) is 1.42. The molecule has 2 amide bonds. The van der Waals surface area contributed by atoms with E-state index in [4.69, 9.17) is 9.47 Å². The lowest BCUT2D eigenvalue weighted by Crippen LogP contribution is -2.30. The highest BCUT2D eigenvalue weighted by molar-refractivity contribution is 5.91. The predicted molar refractivity (Wildman–Crippen MR) is 98.4 cm³/mol. The largest absolute Gasteiger partial charge is 0.474 e. The summed E-state index contributed by atoms with van der Waals surface area (Å²) >= 11 is 0. The number of fused-ring (bicyclic) bond motifs is 1. The quantitative estimate of drug-likeness (QED) is 0.539. The lowest BCUT2D eigenvalue weighted by molar-refractivity contribution is 0.144. The first-order valence-electron chi connectivity index (χ1n) is 8.31. The fourth-order valence-electron chi connectivity index (χ4n) is 2.42. The van der Waals surface area contributed by atoms with Crippen LogP contribution in [0.5, 0.6) is 5.88 Å². The normalized spacial score (nSPS) is 10.7.